The van der Waals surface area contributed by atoms with Crippen molar-refractivity contribution < 1.29 is 0 Å². The van der Waals surface area contributed by atoms with Crippen molar-refractivity contribution in [3.63, 3.8) is 0 Å². The van der Waals surface area contributed by atoms with Crippen LogP contribution in [0.3, 0.4) is 0 Å². The molecule has 0 aliphatic rings. The third kappa shape index (κ3) is 7.48. The second-order valence-electron chi connectivity index (χ2n) is 2.47. The van der Waals surface area contributed by atoms with Crippen LogP contribution >= 0.6 is 0 Å². The zero-order chi connectivity index (χ0) is 7.66. The van der Waals surface area contributed by atoms with Gasteiger partial charge in [-0.25, -0.2) is 0 Å². The molecule has 0 saturated heterocycles. The smallest absolute Gasteiger partial charge is 0.0348 e. The normalized spacial score (nSPS) is 10.5. The van der Waals surface area contributed by atoms with Crippen molar-refractivity contribution in [2.24, 2.45) is 0 Å². The highest BCUT2D eigenvalue weighted by Gasteiger charge is 1.82. The van der Waals surface area contributed by atoms with Crippen LogP contribution in [0.4, 0.5) is 0 Å². The van der Waals surface area contributed by atoms with Gasteiger partial charge in [-0.2, -0.15) is 0 Å². The molecule has 0 N–H and O–H groups in total. The van der Waals surface area contributed by atoms with Crippen molar-refractivity contribution in [3.05, 3.63) is 24.8 Å². The van der Waals surface area contributed by atoms with Gasteiger partial charge in [-0.05, 0) is 12.8 Å². The average molecular weight is 137 g/mol. The molecule has 0 amide bonds. The molecule has 0 aromatic rings. The molecule has 10 heavy (non-hydrogen) atoms. The Morgan fingerprint density at radius 3 is 2.60 bits per heavy atom. The summed E-state index contributed by atoms with van der Waals surface area (Å²) in [5.74, 6) is 0. The Balaban J connectivity index is 2.90. The van der Waals surface area contributed by atoms with Gasteiger partial charge < -0.3 is 0 Å². The maximum Gasteiger partial charge on any atom is -0.0348 e. The first kappa shape index (κ1) is 9.48. The minimum absolute atomic E-state index is 1.17. The SMILES string of the molecule is [CH]=C/C=C/CCCCCC. The minimum atomic E-state index is 1.17. The summed E-state index contributed by atoms with van der Waals surface area (Å²) in [7, 11) is 0. The first-order valence-electron chi connectivity index (χ1n) is 4.12. The first-order valence-corrected chi connectivity index (χ1v) is 4.12. The molecule has 0 fully saturated rings. The second-order valence-corrected chi connectivity index (χ2v) is 2.47. The van der Waals surface area contributed by atoms with E-state index in [0.29, 0.717) is 0 Å². The molecule has 0 aromatic heterocycles. The molecule has 0 spiro atoms. The van der Waals surface area contributed by atoms with Crippen LogP contribution in [0.25, 0.3) is 0 Å². The summed E-state index contributed by atoms with van der Waals surface area (Å²) in [6.07, 6.45) is 12.1. The molecule has 0 unspecified atom stereocenters. The average Bonchev–Trinajstić information content (AvgIpc) is 1.97. The van der Waals surface area contributed by atoms with E-state index in [4.69, 9.17) is 6.58 Å². The molecule has 0 rings (SSSR count). The fourth-order valence-corrected chi connectivity index (χ4v) is 0.864. The predicted molar refractivity (Wildman–Crippen MR) is 46.8 cm³/mol. The summed E-state index contributed by atoms with van der Waals surface area (Å²) in [4.78, 5) is 0. The van der Waals surface area contributed by atoms with Gasteiger partial charge in [-0.15, -0.1) is 0 Å². The van der Waals surface area contributed by atoms with E-state index >= 15 is 0 Å². The minimum Gasteiger partial charge on any atom is -0.0845 e. The Bertz CT molecular complexity index is 90.2. The maximum absolute atomic E-state index is 5.16. The molecule has 0 heterocycles. The molecule has 0 bridgehead atoms. The van der Waals surface area contributed by atoms with Crippen molar-refractivity contribution in [1.29, 1.82) is 0 Å². The molecule has 0 atom stereocenters. The lowest BCUT2D eigenvalue weighted by Crippen LogP contribution is -1.72. The molecular formula is C10H17. The van der Waals surface area contributed by atoms with Crippen LogP contribution in [0.1, 0.15) is 39.0 Å². The standard InChI is InChI=1S/C10H17/c1-3-5-7-9-10-8-6-4-2/h1,3,5,7H,4,6,8-10H2,2H3/b3-1?,7-5+. The summed E-state index contributed by atoms with van der Waals surface area (Å²) >= 11 is 0. The van der Waals surface area contributed by atoms with E-state index in [0.717, 1.165) is 0 Å². The van der Waals surface area contributed by atoms with Crippen molar-refractivity contribution in [1.82, 2.24) is 0 Å². The Hall–Kier alpha value is -0.520. The fourth-order valence-electron chi connectivity index (χ4n) is 0.864. The Morgan fingerprint density at radius 2 is 2.00 bits per heavy atom. The van der Waals surface area contributed by atoms with E-state index in [2.05, 4.69) is 13.0 Å². The highest BCUT2D eigenvalue weighted by Crippen LogP contribution is 2.02. The highest BCUT2D eigenvalue weighted by atomic mass is 13.9. The van der Waals surface area contributed by atoms with Crippen LogP contribution in [0, 0.1) is 6.58 Å². The number of hydrogen-bond acceptors (Lipinski definition) is 0. The van der Waals surface area contributed by atoms with Crippen molar-refractivity contribution in [3.8, 4) is 0 Å². The molecule has 1 radical (unpaired) electrons. The topological polar surface area (TPSA) is 0 Å². The zero-order valence-electron chi connectivity index (χ0n) is 6.84. The van der Waals surface area contributed by atoms with E-state index in [1.54, 1.807) is 6.08 Å². The van der Waals surface area contributed by atoms with Gasteiger partial charge in [-0.1, -0.05) is 51.0 Å². The molecule has 0 aliphatic heterocycles. The molecule has 0 aliphatic carbocycles. The van der Waals surface area contributed by atoms with E-state index in [9.17, 15) is 0 Å². The lowest BCUT2D eigenvalue weighted by atomic mass is 10.1. The Labute approximate surface area is 64.6 Å². The van der Waals surface area contributed by atoms with E-state index in [1.807, 2.05) is 6.08 Å². The third-order valence-corrected chi connectivity index (χ3v) is 1.47. The quantitative estimate of drug-likeness (QED) is 0.388. The van der Waals surface area contributed by atoms with Crippen LogP contribution in [-0.2, 0) is 0 Å². The van der Waals surface area contributed by atoms with E-state index in [-0.39, 0.29) is 0 Å². The van der Waals surface area contributed by atoms with Crippen LogP contribution in [0.15, 0.2) is 18.2 Å². The van der Waals surface area contributed by atoms with Gasteiger partial charge in [0.2, 0.25) is 0 Å². The Morgan fingerprint density at radius 1 is 1.20 bits per heavy atom. The summed E-state index contributed by atoms with van der Waals surface area (Å²) in [6.45, 7) is 7.38. The zero-order valence-corrected chi connectivity index (χ0v) is 6.84. The lowest BCUT2D eigenvalue weighted by Gasteiger charge is -1.92. The predicted octanol–water partition coefficient (Wildman–Crippen LogP) is 3.50. The van der Waals surface area contributed by atoms with Gasteiger partial charge in [0, 0.05) is 0 Å². The number of rotatable bonds is 6. The van der Waals surface area contributed by atoms with Gasteiger partial charge in [-0.3, -0.25) is 0 Å². The molecular weight excluding hydrogens is 120 g/mol. The van der Waals surface area contributed by atoms with Gasteiger partial charge in [0.15, 0.2) is 0 Å². The molecule has 0 aromatic carbocycles. The van der Waals surface area contributed by atoms with Gasteiger partial charge in [0.1, 0.15) is 0 Å². The summed E-state index contributed by atoms with van der Waals surface area (Å²) in [6, 6.07) is 0. The van der Waals surface area contributed by atoms with Crippen LogP contribution < -0.4 is 0 Å². The molecule has 0 saturated carbocycles. The fraction of sp³-hybridized carbons (Fsp3) is 0.600. The summed E-state index contributed by atoms with van der Waals surface area (Å²) < 4.78 is 0. The van der Waals surface area contributed by atoms with Crippen LogP contribution in [0.5, 0.6) is 0 Å². The monoisotopic (exact) mass is 137 g/mol. The third-order valence-electron chi connectivity index (χ3n) is 1.47. The highest BCUT2D eigenvalue weighted by molar-refractivity contribution is 4.95. The summed E-state index contributed by atoms with van der Waals surface area (Å²) in [5, 5.41) is 0. The number of allylic oxidation sites excluding steroid dienone is 3. The van der Waals surface area contributed by atoms with Crippen molar-refractivity contribution in [2.45, 2.75) is 39.0 Å². The van der Waals surface area contributed by atoms with E-state index in [1.165, 1.54) is 32.1 Å². The first-order chi connectivity index (χ1) is 4.91. The van der Waals surface area contributed by atoms with Crippen LogP contribution in [-0.4, -0.2) is 0 Å². The number of unbranched alkanes of at least 4 members (excludes halogenated alkanes) is 4. The molecule has 57 valence electrons. The number of hydrogen-bond donors (Lipinski definition) is 0. The Kier molecular flexibility index (Phi) is 8.04. The van der Waals surface area contributed by atoms with Crippen LogP contribution in [0.2, 0.25) is 0 Å². The maximum atomic E-state index is 5.16. The van der Waals surface area contributed by atoms with Gasteiger partial charge >= 0.3 is 0 Å². The van der Waals surface area contributed by atoms with E-state index < -0.39 is 0 Å². The van der Waals surface area contributed by atoms with Crippen molar-refractivity contribution in [2.75, 3.05) is 0 Å². The molecule has 0 heteroatoms. The van der Waals surface area contributed by atoms with Crippen molar-refractivity contribution >= 4 is 0 Å². The lowest BCUT2D eigenvalue weighted by molar-refractivity contribution is 0.674. The van der Waals surface area contributed by atoms with Gasteiger partial charge in [0.25, 0.3) is 0 Å². The van der Waals surface area contributed by atoms with Gasteiger partial charge in [0.05, 0.1) is 0 Å². The second kappa shape index (κ2) is 8.48. The summed E-state index contributed by atoms with van der Waals surface area (Å²) in [5.41, 5.74) is 0. The largest absolute Gasteiger partial charge is 0.0845 e. The molecule has 0 nitrogen and oxygen atoms in total.